The van der Waals surface area contributed by atoms with Crippen LogP contribution in [0.1, 0.15) is 37.0 Å². The summed E-state index contributed by atoms with van der Waals surface area (Å²) in [6.45, 7) is 3.90. The van der Waals surface area contributed by atoms with Crippen LogP contribution in [-0.2, 0) is 38.9 Å². The molecule has 29 heavy (non-hydrogen) atoms. The van der Waals surface area contributed by atoms with Gasteiger partial charge in [0.05, 0.1) is 18.1 Å². The van der Waals surface area contributed by atoms with Crippen LogP contribution in [0.3, 0.4) is 0 Å². The minimum absolute atomic E-state index is 0.134. The maximum atomic E-state index is 12.6. The van der Waals surface area contributed by atoms with Crippen molar-refractivity contribution in [1.82, 2.24) is 19.8 Å². The van der Waals surface area contributed by atoms with Crippen molar-refractivity contribution in [3.8, 4) is 0 Å². The van der Waals surface area contributed by atoms with E-state index in [4.69, 9.17) is 9.26 Å². The number of sulfonamides is 1. The van der Waals surface area contributed by atoms with Crippen molar-refractivity contribution in [2.24, 2.45) is 0 Å². The number of rotatable bonds is 9. The SMILES string of the molecule is CCCc1noc(CCC(=O)NCc2ccc(S(=O)(=O)N3CCOCC3)cc2)n1. The first kappa shape index (κ1) is 21.4. The molecule has 0 bridgehead atoms. The van der Waals surface area contributed by atoms with Gasteiger partial charge in [0.15, 0.2) is 5.82 Å². The Bertz CT molecular complexity index is 905. The maximum Gasteiger partial charge on any atom is 0.243 e. The summed E-state index contributed by atoms with van der Waals surface area (Å²) in [4.78, 5) is 16.5. The largest absolute Gasteiger partial charge is 0.379 e. The monoisotopic (exact) mass is 422 g/mol. The smallest absolute Gasteiger partial charge is 0.243 e. The Morgan fingerprint density at radius 3 is 2.59 bits per heavy atom. The molecule has 0 unspecified atom stereocenters. The lowest BCUT2D eigenvalue weighted by atomic mass is 10.2. The number of amides is 1. The van der Waals surface area contributed by atoms with E-state index in [9.17, 15) is 13.2 Å². The van der Waals surface area contributed by atoms with Crippen LogP contribution in [0.2, 0.25) is 0 Å². The fourth-order valence-corrected chi connectivity index (χ4v) is 4.35. The summed E-state index contributed by atoms with van der Waals surface area (Å²) in [5, 5.41) is 6.68. The Labute approximate surface area is 170 Å². The highest BCUT2D eigenvalue weighted by molar-refractivity contribution is 7.89. The molecule has 0 radical (unpaired) electrons. The fourth-order valence-electron chi connectivity index (χ4n) is 2.94. The van der Waals surface area contributed by atoms with Gasteiger partial charge in [0.25, 0.3) is 0 Å². The second kappa shape index (κ2) is 9.95. The van der Waals surface area contributed by atoms with Crippen molar-refractivity contribution in [2.75, 3.05) is 26.3 Å². The van der Waals surface area contributed by atoms with Gasteiger partial charge in [-0.05, 0) is 24.1 Å². The van der Waals surface area contributed by atoms with Crippen LogP contribution in [0.25, 0.3) is 0 Å². The van der Waals surface area contributed by atoms with Crippen LogP contribution in [0.5, 0.6) is 0 Å². The third-order valence-electron chi connectivity index (χ3n) is 4.57. The molecule has 1 aromatic carbocycles. The molecule has 2 heterocycles. The van der Waals surface area contributed by atoms with E-state index in [-0.39, 0.29) is 17.2 Å². The van der Waals surface area contributed by atoms with Gasteiger partial charge >= 0.3 is 0 Å². The molecule has 0 spiro atoms. The van der Waals surface area contributed by atoms with Gasteiger partial charge in [-0.25, -0.2) is 8.42 Å². The summed E-state index contributed by atoms with van der Waals surface area (Å²) in [6, 6.07) is 6.56. The number of nitrogens with zero attached hydrogens (tertiary/aromatic N) is 3. The lowest BCUT2D eigenvalue weighted by Gasteiger charge is -2.26. The minimum atomic E-state index is -3.51. The Kier molecular flexibility index (Phi) is 7.34. The molecule has 158 valence electrons. The predicted molar refractivity (Wildman–Crippen MR) is 104 cm³/mol. The summed E-state index contributed by atoms with van der Waals surface area (Å²) in [5.74, 6) is 0.988. The minimum Gasteiger partial charge on any atom is -0.379 e. The van der Waals surface area contributed by atoms with Crippen molar-refractivity contribution in [1.29, 1.82) is 0 Å². The number of ether oxygens (including phenoxy) is 1. The van der Waals surface area contributed by atoms with Crippen molar-refractivity contribution in [3.63, 3.8) is 0 Å². The molecule has 0 saturated carbocycles. The number of benzene rings is 1. The number of morpholine rings is 1. The van der Waals surface area contributed by atoms with Gasteiger partial charge in [0.1, 0.15) is 0 Å². The second-order valence-corrected chi connectivity index (χ2v) is 8.73. The van der Waals surface area contributed by atoms with Gasteiger partial charge in [0, 0.05) is 38.9 Å². The van der Waals surface area contributed by atoms with Gasteiger partial charge in [-0.15, -0.1) is 0 Å². The Morgan fingerprint density at radius 2 is 1.90 bits per heavy atom. The average molecular weight is 423 g/mol. The molecule has 3 rings (SSSR count). The van der Waals surface area contributed by atoms with Crippen molar-refractivity contribution in [2.45, 2.75) is 44.0 Å². The third kappa shape index (κ3) is 5.84. The quantitative estimate of drug-likeness (QED) is 0.647. The Hall–Kier alpha value is -2.30. The van der Waals surface area contributed by atoms with Crippen LogP contribution in [0, 0.1) is 0 Å². The summed E-state index contributed by atoms with van der Waals surface area (Å²) in [7, 11) is -3.51. The van der Waals surface area contributed by atoms with E-state index >= 15 is 0 Å². The first-order chi connectivity index (χ1) is 14.0. The molecule has 0 atom stereocenters. The predicted octanol–water partition coefficient (Wildman–Crippen LogP) is 1.29. The lowest BCUT2D eigenvalue weighted by molar-refractivity contribution is -0.121. The summed E-state index contributed by atoms with van der Waals surface area (Å²) >= 11 is 0. The summed E-state index contributed by atoms with van der Waals surface area (Å²) < 4.78 is 37.0. The zero-order valence-electron chi connectivity index (χ0n) is 16.5. The first-order valence-electron chi connectivity index (χ1n) is 9.74. The number of aromatic nitrogens is 2. The number of carbonyl (C=O) groups is 1. The maximum absolute atomic E-state index is 12.6. The summed E-state index contributed by atoms with van der Waals surface area (Å²) in [6.07, 6.45) is 2.33. The van der Waals surface area contributed by atoms with Gasteiger partial charge in [0.2, 0.25) is 21.8 Å². The second-order valence-electron chi connectivity index (χ2n) is 6.79. The molecule has 1 saturated heterocycles. The molecular weight excluding hydrogens is 396 g/mol. The molecule has 1 fully saturated rings. The van der Waals surface area contributed by atoms with Crippen molar-refractivity contribution < 1.29 is 22.5 Å². The molecule has 1 aliphatic heterocycles. The molecule has 0 aliphatic carbocycles. The van der Waals surface area contributed by atoms with Crippen LogP contribution < -0.4 is 5.32 Å². The summed E-state index contributed by atoms with van der Waals surface area (Å²) in [5.41, 5.74) is 0.822. The Balaban J connectivity index is 1.47. The standard InChI is InChI=1S/C19H26N4O5S/c1-2-3-17-21-19(28-22-17)9-8-18(24)20-14-15-4-6-16(7-5-15)29(25,26)23-10-12-27-13-11-23/h4-7H,2-3,8-14H2,1H3,(H,20,24). The van der Waals surface area contributed by atoms with Gasteiger partial charge < -0.3 is 14.6 Å². The van der Waals surface area contributed by atoms with Crippen LogP contribution in [0.15, 0.2) is 33.7 Å². The molecule has 1 amide bonds. The van der Waals surface area contributed by atoms with Gasteiger partial charge in [-0.1, -0.05) is 24.2 Å². The normalized spacial score (nSPS) is 15.3. The lowest BCUT2D eigenvalue weighted by Crippen LogP contribution is -2.40. The van der Waals surface area contributed by atoms with E-state index in [1.54, 1.807) is 24.3 Å². The van der Waals surface area contributed by atoms with E-state index in [0.29, 0.717) is 51.0 Å². The molecule has 2 aromatic rings. The van der Waals surface area contributed by atoms with E-state index in [1.807, 2.05) is 6.92 Å². The topological polar surface area (TPSA) is 115 Å². The zero-order chi connectivity index (χ0) is 20.7. The van der Waals surface area contributed by atoms with Gasteiger partial charge in [-0.3, -0.25) is 4.79 Å². The van der Waals surface area contributed by atoms with Crippen LogP contribution in [0.4, 0.5) is 0 Å². The number of carbonyl (C=O) groups excluding carboxylic acids is 1. The van der Waals surface area contributed by atoms with E-state index in [1.165, 1.54) is 4.31 Å². The molecule has 1 N–H and O–H groups in total. The van der Waals surface area contributed by atoms with E-state index in [2.05, 4.69) is 15.5 Å². The fraction of sp³-hybridized carbons (Fsp3) is 0.526. The van der Waals surface area contributed by atoms with Crippen LogP contribution >= 0.6 is 0 Å². The van der Waals surface area contributed by atoms with Crippen molar-refractivity contribution in [3.05, 3.63) is 41.5 Å². The van der Waals surface area contributed by atoms with Gasteiger partial charge in [-0.2, -0.15) is 9.29 Å². The molecule has 1 aliphatic rings. The molecule has 9 nitrogen and oxygen atoms in total. The van der Waals surface area contributed by atoms with Crippen LogP contribution in [-0.4, -0.2) is 55.1 Å². The zero-order valence-corrected chi connectivity index (χ0v) is 17.3. The van der Waals surface area contributed by atoms with Crippen molar-refractivity contribution >= 4 is 15.9 Å². The van der Waals surface area contributed by atoms with E-state index < -0.39 is 10.0 Å². The average Bonchev–Trinajstić information content (AvgIpc) is 3.19. The molecule has 1 aromatic heterocycles. The first-order valence-corrected chi connectivity index (χ1v) is 11.2. The number of aryl methyl sites for hydroxylation is 2. The van der Waals surface area contributed by atoms with E-state index in [0.717, 1.165) is 18.4 Å². The number of hydrogen-bond acceptors (Lipinski definition) is 7. The highest BCUT2D eigenvalue weighted by atomic mass is 32.2. The molecular formula is C19H26N4O5S. The third-order valence-corrected chi connectivity index (χ3v) is 6.48. The number of hydrogen-bond donors (Lipinski definition) is 1. The Morgan fingerprint density at radius 1 is 1.17 bits per heavy atom. The highest BCUT2D eigenvalue weighted by Gasteiger charge is 2.26. The number of nitrogens with one attached hydrogen (secondary N) is 1. The highest BCUT2D eigenvalue weighted by Crippen LogP contribution is 2.17. The molecule has 10 heteroatoms.